The topological polar surface area (TPSA) is 48.5 Å². The second kappa shape index (κ2) is 6.99. The van der Waals surface area contributed by atoms with Crippen LogP contribution in [-0.4, -0.2) is 24.1 Å². The molecule has 0 aliphatic carbocycles. The zero-order valence-corrected chi connectivity index (χ0v) is 18.9. The van der Waals surface area contributed by atoms with E-state index in [1.165, 1.54) is 11.1 Å². The van der Waals surface area contributed by atoms with Gasteiger partial charge in [0.15, 0.2) is 0 Å². The fraction of sp³-hybridized carbons (Fsp3) is 0.0690. The monoisotopic (exact) mass is 439 g/mol. The maximum atomic E-state index is 5.20. The van der Waals surface area contributed by atoms with E-state index in [2.05, 4.69) is 89.7 Å². The first-order valence-electron chi connectivity index (χ1n) is 11.4. The molecule has 0 saturated heterocycles. The van der Waals surface area contributed by atoms with Crippen LogP contribution in [0.2, 0.25) is 0 Å². The molecule has 0 aliphatic heterocycles. The molecule has 0 fully saturated rings. The molecule has 5 heterocycles. The van der Waals surface area contributed by atoms with Gasteiger partial charge in [0.25, 0.3) is 0 Å². The first kappa shape index (κ1) is 19.0. The van der Waals surface area contributed by atoms with E-state index in [0.29, 0.717) is 0 Å². The van der Waals surface area contributed by atoms with Gasteiger partial charge in [-0.2, -0.15) is 0 Å². The van der Waals surface area contributed by atoms with Crippen LogP contribution in [0.1, 0.15) is 11.1 Å². The van der Waals surface area contributed by atoms with E-state index in [9.17, 15) is 0 Å². The van der Waals surface area contributed by atoms with Gasteiger partial charge in [-0.05, 0) is 79.6 Å². The van der Waals surface area contributed by atoms with Crippen LogP contribution in [-0.2, 0) is 0 Å². The molecule has 0 amide bonds. The second-order valence-corrected chi connectivity index (χ2v) is 8.81. The molecule has 0 aliphatic rings. The van der Waals surface area contributed by atoms with E-state index in [0.717, 1.165) is 55.5 Å². The van der Waals surface area contributed by atoms with E-state index < -0.39 is 0 Å². The number of hydrogen-bond acceptors (Lipinski definition) is 3. The Morgan fingerprint density at radius 3 is 1.47 bits per heavy atom. The Labute approximate surface area is 195 Å². The molecule has 0 N–H and O–H groups in total. The molecule has 0 atom stereocenters. The quantitative estimate of drug-likeness (QED) is 0.302. The van der Waals surface area contributed by atoms with Crippen molar-refractivity contribution >= 4 is 44.1 Å². The average molecular weight is 440 g/mol. The number of hydrogen-bond donors (Lipinski definition) is 0. The van der Waals surface area contributed by atoms with E-state index in [4.69, 9.17) is 15.0 Å². The number of rotatable bonds is 2. The van der Waals surface area contributed by atoms with Crippen LogP contribution < -0.4 is 0 Å². The van der Waals surface area contributed by atoms with E-state index in [1.807, 2.05) is 24.5 Å². The lowest BCUT2D eigenvalue weighted by atomic mass is 10.2. The van der Waals surface area contributed by atoms with Crippen LogP contribution >= 0.6 is 0 Å². The van der Waals surface area contributed by atoms with Crippen LogP contribution in [0.4, 0.5) is 0 Å². The van der Waals surface area contributed by atoms with Gasteiger partial charge in [0.1, 0.15) is 22.1 Å². The summed E-state index contributed by atoms with van der Waals surface area (Å²) in [5, 5.41) is 0. The Bertz CT molecular complexity index is 1760. The molecule has 5 nitrogen and oxygen atoms in total. The highest BCUT2D eigenvalue weighted by atomic mass is 15.1. The van der Waals surface area contributed by atoms with Crippen molar-refractivity contribution in [2.24, 2.45) is 0 Å². The highest BCUT2D eigenvalue weighted by molar-refractivity contribution is 6.13. The number of aryl methyl sites for hydroxylation is 2. The fourth-order valence-electron chi connectivity index (χ4n) is 5.05. The van der Waals surface area contributed by atoms with Crippen molar-refractivity contribution in [1.29, 1.82) is 0 Å². The molecule has 0 bridgehead atoms. The van der Waals surface area contributed by atoms with Crippen molar-refractivity contribution in [2.45, 2.75) is 13.8 Å². The van der Waals surface area contributed by atoms with Crippen molar-refractivity contribution in [3.63, 3.8) is 0 Å². The van der Waals surface area contributed by atoms with Crippen LogP contribution in [0, 0.1) is 13.8 Å². The molecule has 0 unspecified atom stereocenters. The summed E-state index contributed by atoms with van der Waals surface area (Å²) in [5.74, 6) is 0. The minimum atomic E-state index is 0.888. The lowest BCUT2D eigenvalue weighted by molar-refractivity contribution is 1.15. The van der Waals surface area contributed by atoms with Gasteiger partial charge >= 0.3 is 0 Å². The smallest absolute Gasteiger partial charge is 0.116 e. The SMILES string of the molecule is Cc1cccc(-n2c3cccnc3c3nc4c5ncccc5n(-c5cccc(C)c5)c4cc32)c1. The molecule has 162 valence electrons. The minimum absolute atomic E-state index is 0.888. The van der Waals surface area contributed by atoms with Gasteiger partial charge in [-0.1, -0.05) is 24.3 Å². The second-order valence-electron chi connectivity index (χ2n) is 8.81. The highest BCUT2D eigenvalue weighted by Crippen LogP contribution is 2.36. The van der Waals surface area contributed by atoms with Crippen LogP contribution in [0.3, 0.4) is 0 Å². The van der Waals surface area contributed by atoms with Crippen molar-refractivity contribution < 1.29 is 0 Å². The molecular formula is C29H21N5. The molecule has 5 aromatic heterocycles. The van der Waals surface area contributed by atoms with E-state index >= 15 is 0 Å². The summed E-state index contributed by atoms with van der Waals surface area (Å²) in [4.78, 5) is 14.7. The Balaban J connectivity index is 1.69. The Morgan fingerprint density at radius 1 is 0.500 bits per heavy atom. The van der Waals surface area contributed by atoms with Crippen molar-refractivity contribution in [3.05, 3.63) is 102 Å². The Kier molecular flexibility index (Phi) is 3.91. The molecule has 5 heteroatoms. The molecule has 0 saturated carbocycles. The van der Waals surface area contributed by atoms with Gasteiger partial charge in [-0.15, -0.1) is 0 Å². The standard InChI is InChI=1S/C29H21N5/c1-18-7-3-9-20(15-18)33-22-11-5-13-30-26(22)28-24(33)17-25-29(32-28)27-23(12-6-14-31-27)34(25)21-10-4-8-19(2)16-21/h3-17H,1-2H3. The third kappa shape index (κ3) is 2.64. The van der Waals surface area contributed by atoms with Crippen LogP contribution in [0.5, 0.6) is 0 Å². The Hall–Kier alpha value is -4.51. The third-order valence-electron chi connectivity index (χ3n) is 6.49. The van der Waals surface area contributed by atoms with Crippen LogP contribution in [0.15, 0.2) is 91.3 Å². The molecule has 34 heavy (non-hydrogen) atoms. The summed E-state index contributed by atoms with van der Waals surface area (Å²) >= 11 is 0. The highest BCUT2D eigenvalue weighted by Gasteiger charge is 2.20. The van der Waals surface area contributed by atoms with Gasteiger partial charge in [-0.25, -0.2) is 4.98 Å². The van der Waals surface area contributed by atoms with Crippen LogP contribution in [0.25, 0.3) is 55.5 Å². The molecule has 0 spiro atoms. The first-order valence-corrected chi connectivity index (χ1v) is 11.4. The predicted molar refractivity (Wildman–Crippen MR) is 138 cm³/mol. The Morgan fingerprint density at radius 2 is 1.00 bits per heavy atom. The number of nitrogens with zero attached hydrogens (tertiary/aromatic N) is 5. The molecule has 0 radical (unpaired) electrons. The van der Waals surface area contributed by atoms with Gasteiger partial charge in [0, 0.05) is 23.8 Å². The summed E-state index contributed by atoms with van der Waals surface area (Å²) in [6.45, 7) is 4.24. The number of aromatic nitrogens is 5. The molecular weight excluding hydrogens is 418 g/mol. The zero-order chi connectivity index (χ0) is 22.8. The number of pyridine rings is 3. The lowest BCUT2D eigenvalue weighted by Gasteiger charge is -2.10. The predicted octanol–water partition coefficient (Wildman–Crippen LogP) is 6.68. The molecule has 7 rings (SSSR count). The summed E-state index contributed by atoms with van der Waals surface area (Å²) < 4.78 is 4.53. The number of benzene rings is 2. The van der Waals surface area contributed by atoms with Gasteiger partial charge in [-0.3, -0.25) is 9.97 Å². The van der Waals surface area contributed by atoms with Gasteiger partial charge in [0.05, 0.1) is 22.1 Å². The van der Waals surface area contributed by atoms with Crippen molar-refractivity contribution in [1.82, 2.24) is 24.1 Å². The third-order valence-corrected chi connectivity index (χ3v) is 6.49. The van der Waals surface area contributed by atoms with Crippen molar-refractivity contribution in [3.8, 4) is 11.4 Å². The zero-order valence-electron chi connectivity index (χ0n) is 18.9. The summed E-state index contributed by atoms with van der Waals surface area (Å²) in [6, 6.07) is 27.5. The largest absolute Gasteiger partial charge is 0.306 e. The summed E-state index contributed by atoms with van der Waals surface area (Å²) in [7, 11) is 0. The molecule has 2 aromatic carbocycles. The molecule has 7 aromatic rings. The van der Waals surface area contributed by atoms with Crippen molar-refractivity contribution in [2.75, 3.05) is 0 Å². The first-order chi connectivity index (χ1) is 16.7. The van der Waals surface area contributed by atoms with E-state index in [1.54, 1.807) is 0 Å². The van der Waals surface area contributed by atoms with Gasteiger partial charge < -0.3 is 9.13 Å². The number of fused-ring (bicyclic) bond motifs is 6. The maximum Gasteiger partial charge on any atom is 0.116 e. The summed E-state index contributed by atoms with van der Waals surface area (Å²) in [5.41, 5.74) is 12.3. The lowest BCUT2D eigenvalue weighted by Crippen LogP contribution is -1.97. The minimum Gasteiger partial charge on any atom is -0.306 e. The van der Waals surface area contributed by atoms with Gasteiger partial charge in [0.2, 0.25) is 0 Å². The fourth-order valence-corrected chi connectivity index (χ4v) is 5.05. The maximum absolute atomic E-state index is 5.20. The average Bonchev–Trinajstić information content (AvgIpc) is 3.35. The normalized spacial score (nSPS) is 11.8. The summed E-state index contributed by atoms with van der Waals surface area (Å²) in [6.07, 6.45) is 3.67. The van der Waals surface area contributed by atoms with E-state index in [-0.39, 0.29) is 0 Å².